The number of guanidine groups is 1. The quantitative estimate of drug-likeness (QED) is 0.537. The maximum atomic E-state index is 13.3. The Bertz CT molecular complexity index is 1200. The Labute approximate surface area is 213 Å². The lowest BCUT2D eigenvalue weighted by molar-refractivity contribution is -0.131. The van der Waals surface area contributed by atoms with Gasteiger partial charge in [0.05, 0.1) is 30.7 Å². The van der Waals surface area contributed by atoms with E-state index < -0.39 is 11.6 Å². The fraction of sp³-hybridized carbons (Fsp3) is 0.414. The molecule has 0 saturated heterocycles. The summed E-state index contributed by atoms with van der Waals surface area (Å²) < 4.78 is 5.72. The molecule has 2 amide bonds. The number of carbonyl (C=O) groups excluding carboxylic acids is 2. The molecule has 36 heavy (non-hydrogen) atoms. The van der Waals surface area contributed by atoms with Crippen molar-refractivity contribution in [1.82, 2.24) is 10.2 Å². The standard InChI is InChI=1S/C29H34N4O3/c1-4-7-14-24(33-26(34)19-29(5-2,6-3)32-28(33)30)20-11-10-12-21(18-20)27(35)31-23-16-17-36-25-15-9-8-13-22(23)25/h1,8-13,15,18,23-24H,5-7,14,16-17,19H2,2-3H3,(H2,30,32)(H,31,35)/t23-,24+/m0/s1. The molecule has 0 spiro atoms. The molecule has 0 bridgehead atoms. The van der Waals surface area contributed by atoms with Gasteiger partial charge >= 0.3 is 0 Å². The van der Waals surface area contributed by atoms with E-state index in [0.29, 0.717) is 37.9 Å². The molecule has 0 saturated carbocycles. The van der Waals surface area contributed by atoms with Crippen molar-refractivity contribution < 1.29 is 14.3 Å². The average molecular weight is 487 g/mol. The van der Waals surface area contributed by atoms with Gasteiger partial charge in [-0.3, -0.25) is 14.5 Å². The number of hydrogen-bond acceptors (Lipinski definition) is 5. The van der Waals surface area contributed by atoms with E-state index >= 15 is 0 Å². The second kappa shape index (κ2) is 10.9. The number of para-hydroxylation sites is 1. The normalized spacial score (nSPS) is 19.4. The van der Waals surface area contributed by atoms with E-state index in [-0.39, 0.29) is 23.8 Å². The van der Waals surface area contributed by atoms with Gasteiger partial charge in [-0.15, -0.1) is 12.3 Å². The molecule has 4 rings (SSSR count). The number of nitrogens with two attached hydrogens (primary N) is 1. The van der Waals surface area contributed by atoms with Crippen molar-refractivity contribution in [2.75, 3.05) is 6.61 Å². The monoisotopic (exact) mass is 486 g/mol. The summed E-state index contributed by atoms with van der Waals surface area (Å²) in [7, 11) is 0. The Kier molecular flexibility index (Phi) is 7.64. The molecule has 2 aromatic carbocycles. The predicted octanol–water partition coefficient (Wildman–Crippen LogP) is 4.50. The molecule has 7 nitrogen and oxygen atoms in total. The first kappa shape index (κ1) is 25.3. The summed E-state index contributed by atoms with van der Waals surface area (Å²) in [5.74, 6) is 3.43. The van der Waals surface area contributed by atoms with Gasteiger partial charge in [0, 0.05) is 24.0 Å². The van der Waals surface area contributed by atoms with Crippen LogP contribution in [-0.4, -0.2) is 34.8 Å². The maximum Gasteiger partial charge on any atom is 0.251 e. The number of ether oxygens (including phenoxy) is 1. The number of hydrogen-bond donors (Lipinski definition) is 2. The van der Waals surface area contributed by atoms with Crippen LogP contribution in [0.15, 0.2) is 53.5 Å². The van der Waals surface area contributed by atoms with Gasteiger partial charge in [0.1, 0.15) is 5.75 Å². The Morgan fingerprint density at radius 3 is 2.78 bits per heavy atom. The summed E-state index contributed by atoms with van der Waals surface area (Å²) >= 11 is 0. The molecule has 0 unspecified atom stereocenters. The fourth-order valence-electron chi connectivity index (χ4n) is 5.11. The number of benzene rings is 2. The minimum absolute atomic E-state index is 0.0677. The lowest BCUT2D eigenvalue weighted by atomic mass is 9.87. The zero-order valence-electron chi connectivity index (χ0n) is 21.0. The van der Waals surface area contributed by atoms with Crippen LogP contribution in [0.4, 0.5) is 0 Å². The van der Waals surface area contributed by atoms with Gasteiger partial charge in [-0.1, -0.05) is 44.2 Å². The average Bonchev–Trinajstić information content (AvgIpc) is 2.90. The van der Waals surface area contributed by atoms with Gasteiger partial charge in [-0.05, 0) is 43.0 Å². The summed E-state index contributed by atoms with van der Waals surface area (Å²) in [6.45, 7) is 4.60. The van der Waals surface area contributed by atoms with E-state index in [1.165, 1.54) is 0 Å². The molecule has 2 heterocycles. The second-order valence-electron chi connectivity index (χ2n) is 9.43. The van der Waals surface area contributed by atoms with Gasteiger partial charge in [0.25, 0.3) is 5.91 Å². The van der Waals surface area contributed by atoms with E-state index in [4.69, 9.17) is 21.9 Å². The Morgan fingerprint density at radius 1 is 1.28 bits per heavy atom. The van der Waals surface area contributed by atoms with E-state index in [1.54, 1.807) is 11.0 Å². The number of carbonyl (C=O) groups is 2. The largest absolute Gasteiger partial charge is 0.493 e. The minimum Gasteiger partial charge on any atom is -0.493 e. The van der Waals surface area contributed by atoms with Crippen molar-refractivity contribution in [1.29, 1.82) is 0 Å². The van der Waals surface area contributed by atoms with Crippen molar-refractivity contribution in [3.05, 3.63) is 65.2 Å². The molecule has 0 radical (unpaired) electrons. The van der Waals surface area contributed by atoms with Crippen LogP contribution in [-0.2, 0) is 4.79 Å². The predicted molar refractivity (Wildman–Crippen MR) is 140 cm³/mol. The smallest absolute Gasteiger partial charge is 0.251 e. The van der Waals surface area contributed by atoms with Crippen molar-refractivity contribution >= 4 is 17.8 Å². The molecule has 2 aliphatic heterocycles. The molecule has 2 aliphatic rings. The van der Waals surface area contributed by atoms with Crippen molar-refractivity contribution in [2.24, 2.45) is 10.7 Å². The summed E-state index contributed by atoms with van der Waals surface area (Å²) in [6.07, 6.45) is 9.03. The van der Waals surface area contributed by atoms with Crippen LogP contribution in [0.2, 0.25) is 0 Å². The zero-order chi connectivity index (χ0) is 25.7. The maximum absolute atomic E-state index is 13.3. The van der Waals surface area contributed by atoms with Crippen LogP contribution in [0.3, 0.4) is 0 Å². The summed E-state index contributed by atoms with van der Waals surface area (Å²) in [5, 5.41) is 3.14. The molecule has 0 fully saturated rings. The van der Waals surface area contributed by atoms with E-state index in [9.17, 15) is 9.59 Å². The van der Waals surface area contributed by atoms with Crippen LogP contribution in [0.1, 0.15) is 85.9 Å². The topological polar surface area (TPSA) is 97.0 Å². The second-order valence-corrected chi connectivity index (χ2v) is 9.43. The number of nitrogens with zero attached hydrogens (tertiary/aromatic N) is 2. The number of terminal acetylenes is 1. The third-order valence-electron chi connectivity index (χ3n) is 7.33. The molecule has 0 aliphatic carbocycles. The minimum atomic E-state index is -0.462. The molecule has 2 aromatic rings. The van der Waals surface area contributed by atoms with Crippen LogP contribution in [0, 0.1) is 12.3 Å². The zero-order valence-corrected chi connectivity index (χ0v) is 21.0. The Morgan fingerprint density at radius 2 is 2.06 bits per heavy atom. The molecule has 188 valence electrons. The lowest BCUT2D eigenvalue weighted by Crippen LogP contribution is -2.52. The molecule has 3 N–H and O–H groups in total. The van der Waals surface area contributed by atoms with Crippen LogP contribution >= 0.6 is 0 Å². The summed E-state index contributed by atoms with van der Waals surface area (Å²) in [5.41, 5.74) is 8.21. The van der Waals surface area contributed by atoms with E-state index in [2.05, 4.69) is 11.2 Å². The van der Waals surface area contributed by atoms with Crippen LogP contribution in [0.25, 0.3) is 0 Å². The third kappa shape index (κ3) is 5.08. The lowest BCUT2D eigenvalue weighted by Gasteiger charge is -2.40. The first-order valence-corrected chi connectivity index (χ1v) is 12.6. The summed E-state index contributed by atoms with van der Waals surface area (Å²) in [4.78, 5) is 32.9. The Hall–Kier alpha value is -3.79. The number of amides is 2. The summed E-state index contributed by atoms with van der Waals surface area (Å²) in [6, 6.07) is 14.5. The van der Waals surface area contributed by atoms with Gasteiger partial charge in [0.2, 0.25) is 5.91 Å². The molecular weight excluding hydrogens is 452 g/mol. The van der Waals surface area contributed by atoms with Gasteiger partial charge in [0.15, 0.2) is 5.96 Å². The van der Waals surface area contributed by atoms with Gasteiger partial charge < -0.3 is 15.8 Å². The molecule has 2 atom stereocenters. The number of nitrogens with one attached hydrogen (secondary N) is 1. The third-order valence-corrected chi connectivity index (χ3v) is 7.33. The van der Waals surface area contributed by atoms with Crippen molar-refractivity contribution in [3.63, 3.8) is 0 Å². The highest BCUT2D eigenvalue weighted by Gasteiger charge is 2.40. The molecule has 7 heteroatoms. The van der Waals surface area contributed by atoms with E-state index in [1.807, 2.05) is 56.3 Å². The van der Waals surface area contributed by atoms with Crippen molar-refractivity contribution in [2.45, 2.75) is 70.0 Å². The fourth-order valence-corrected chi connectivity index (χ4v) is 5.11. The van der Waals surface area contributed by atoms with Crippen LogP contribution in [0.5, 0.6) is 5.75 Å². The highest BCUT2D eigenvalue weighted by atomic mass is 16.5. The van der Waals surface area contributed by atoms with Gasteiger partial charge in [-0.2, -0.15) is 0 Å². The number of fused-ring (bicyclic) bond motifs is 1. The SMILES string of the molecule is C#CCC[C@H](c1cccc(C(=O)N[C@H]2CCOc3ccccc32)c1)N1C(=O)CC(CC)(CC)N=C1N. The highest BCUT2D eigenvalue weighted by molar-refractivity contribution is 6.00. The van der Waals surface area contributed by atoms with Crippen LogP contribution < -0.4 is 15.8 Å². The molecule has 0 aromatic heterocycles. The number of rotatable bonds is 8. The van der Waals surface area contributed by atoms with Gasteiger partial charge in [-0.25, -0.2) is 4.99 Å². The Balaban J connectivity index is 1.61. The first-order valence-electron chi connectivity index (χ1n) is 12.6. The first-order chi connectivity index (χ1) is 17.4. The number of aliphatic imine (C=N–C) groups is 1. The molecular formula is C29H34N4O3. The van der Waals surface area contributed by atoms with E-state index in [0.717, 1.165) is 29.7 Å². The van der Waals surface area contributed by atoms with Crippen molar-refractivity contribution in [3.8, 4) is 18.1 Å². The highest BCUT2D eigenvalue weighted by Crippen LogP contribution is 2.36.